The number of amides is 1. The van der Waals surface area contributed by atoms with Gasteiger partial charge < -0.3 is 10.1 Å². The first-order chi connectivity index (χ1) is 10.4. The maximum absolute atomic E-state index is 12.2. The summed E-state index contributed by atoms with van der Waals surface area (Å²) >= 11 is 12.1. The number of carbonyl (C=O) groups is 2. The molecule has 0 aromatic heterocycles. The van der Waals surface area contributed by atoms with E-state index in [4.69, 9.17) is 27.9 Å². The molecule has 0 saturated carbocycles. The molecule has 0 saturated heterocycles. The summed E-state index contributed by atoms with van der Waals surface area (Å²) < 4.78 is 5.02. The summed E-state index contributed by atoms with van der Waals surface area (Å²) in [6, 6.07) is 4.40. The van der Waals surface area contributed by atoms with Crippen molar-refractivity contribution in [3.8, 4) is 0 Å². The molecule has 0 bridgehead atoms. The number of nitrogens with one attached hydrogen (secondary N) is 1. The van der Waals surface area contributed by atoms with Gasteiger partial charge in [0.25, 0.3) is 0 Å². The summed E-state index contributed by atoms with van der Waals surface area (Å²) in [6.07, 6.45) is 0.765. The number of hydrogen-bond acceptors (Lipinski definition) is 3. The van der Waals surface area contributed by atoms with Crippen molar-refractivity contribution >= 4 is 35.1 Å². The third-order valence-corrected chi connectivity index (χ3v) is 4.18. The van der Waals surface area contributed by atoms with Gasteiger partial charge in [-0.05, 0) is 30.5 Å². The van der Waals surface area contributed by atoms with Crippen molar-refractivity contribution in [1.82, 2.24) is 5.32 Å². The van der Waals surface area contributed by atoms with Crippen molar-refractivity contribution in [2.45, 2.75) is 39.7 Å². The SMILES string of the molecule is CCOC(=O)[C@@H](NC(=O)Cc1c(Cl)cccc1Cl)[C@@H](C)CC. The summed E-state index contributed by atoms with van der Waals surface area (Å²) in [6.45, 7) is 5.85. The molecule has 0 unspecified atom stereocenters. The number of hydrogen-bond donors (Lipinski definition) is 1. The monoisotopic (exact) mass is 345 g/mol. The molecular weight excluding hydrogens is 325 g/mol. The lowest BCUT2D eigenvalue weighted by Gasteiger charge is -2.22. The maximum atomic E-state index is 12.2. The van der Waals surface area contributed by atoms with E-state index in [2.05, 4.69) is 5.32 Å². The topological polar surface area (TPSA) is 55.4 Å². The Morgan fingerprint density at radius 2 is 1.82 bits per heavy atom. The molecule has 0 heterocycles. The quantitative estimate of drug-likeness (QED) is 0.767. The van der Waals surface area contributed by atoms with Gasteiger partial charge in [-0.1, -0.05) is 49.5 Å². The third kappa shape index (κ3) is 5.18. The van der Waals surface area contributed by atoms with E-state index in [0.717, 1.165) is 6.42 Å². The lowest BCUT2D eigenvalue weighted by atomic mass is 9.99. The molecule has 1 amide bonds. The Labute approximate surface area is 141 Å². The molecule has 1 N–H and O–H groups in total. The fraction of sp³-hybridized carbons (Fsp3) is 0.500. The average molecular weight is 346 g/mol. The van der Waals surface area contributed by atoms with E-state index in [1.807, 2.05) is 13.8 Å². The Morgan fingerprint density at radius 1 is 1.23 bits per heavy atom. The van der Waals surface area contributed by atoms with Gasteiger partial charge in [-0.15, -0.1) is 0 Å². The molecule has 0 fully saturated rings. The Morgan fingerprint density at radius 3 is 2.32 bits per heavy atom. The van der Waals surface area contributed by atoms with Crippen LogP contribution in [-0.4, -0.2) is 24.5 Å². The Hall–Kier alpha value is -1.26. The first kappa shape index (κ1) is 18.8. The molecule has 1 aromatic rings. The molecule has 0 aliphatic rings. The molecule has 0 aliphatic heterocycles. The highest BCUT2D eigenvalue weighted by molar-refractivity contribution is 6.36. The number of rotatable bonds is 7. The molecular formula is C16H21Cl2NO3. The molecule has 4 nitrogen and oxygen atoms in total. The molecule has 2 atom stereocenters. The van der Waals surface area contributed by atoms with Gasteiger partial charge in [-0.3, -0.25) is 4.79 Å². The highest BCUT2D eigenvalue weighted by Gasteiger charge is 2.27. The predicted molar refractivity (Wildman–Crippen MR) is 88.2 cm³/mol. The summed E-state index contributed by atoms with van der Waals surface area (Å²) in [4.78, 5) is 24.2. The zero-order chi connectivity index (χ0) is 16.7. The van der Waals surface area contributed by atoms with Gasteiger partial charge in [0.2, 0.25) is 5.91 Å². The minimum Gasteiger partial charge on any atom is -0.464 e. The van der Waals surface area contributed by atoms with Gasteiger partial charge in [0.05, 0.1) is 13.0 Å². The number of benzene rings is 1. The normalized spacial score (nSPS) is 13.3. The van der Waals surface area contributed by atoms with E-state index in [-0.39, 0.29) is 24.9 Å². The van der Waals surface area contributed by atoms with E-state index in [1.54, 1.807) is 25.1 Å². The highest BCUT2D eigenvalue weighted by atomic mass is 35.5. The van der Waals surface area contributed by atoms with Crippen LogP contribution in [0.4, 0.5) is 0 Å². The van der Waals surface area contributed by atoms with Crippen LogP contribution in [0.3, 0.4) is 0 Å². The molecule has 122 valence electrons. The van der Waals surface area contributed by atoms with Crippen LogP contribution in [0.2, 0.25) is 10.0 Å². The van der Waals surface area contributed by atoms with Crippen molar-refractivity contribution in [2.24, 2.45) is 5.92 Å². The predicted octanol–water partition coefficient (Wildman–Crippen LogP) is 3.63. The van der Waals surface area contributed by atoms with Gasteiger partial charge in [-0.2, -0.15) is 0 Å². The van der Waals surface area contributed by atoms with Gasteiger partial charge in [-0.25, -0.2) is 4.79 Å². The summed E-state index contributed by atoms with van der Waals surface area (Å²) in [7, 11) is 0. The zero-order valence-electron chi connectivity index (χ0n) is 13.0. The maximum Gasteiger partial charge on any atom is 0.328 e. The largest absolute Gasteiger partial charge is 0.464 e. The number of esters is 1. The van der Waals surface area contributed by atoms with Gasteiger partial charge in [0, 0.05) is 10.0 Å². The zero-order valence-corrected chi connectivity index (χ0v) is 14.5. The van der Waals surface area contributed by atoms with Crippen molar-refractivity contribution in [1.29, 1.82) is 0 Å². The van der Waals surface area contributed by atoms with E-state index in [0.29, 0.717) is 15.6 Å². The van der Waals surface area contributed by atoms with Crippen molar-refractivity contribution in [3.63, 3.8) is 0 Å². The van der Waals surface area contributed by atoms with Crippen LogP contribution in [0, 0.1) is 5.92 Å². The highest BCUT2D eigenvalue weighted by Crippen LogP contribution is 2.24. The molecule has 6 heteroatoms. The Balaban J connectivity index is 2.81. The molecule has 1 aromatic carbocycles. The molecule has 0 aliphatic carbocycles. The fourth-order valence-corrected chi connectivity index (χ4v) is 2.52. The molecule has 0 spiro atoms. The van der Waals surface area contributed by atoms with Crippen LogP contribution in [0.1, 0.15) is 32.8 Å². The Bertz CT molecular complexity index is 514. The smallest absolute Gasteiger partial charge is 0.328 e. The molecule has 22 heavy (non-hydrogen) atoms. The Kier molecular flexibility index (Phi) is 7.69. The standard InChI is InChI=1S/C16H21Cl2NO3/c1-4-10(3)15(16(21)22-5-2)19-14(20)9-11-12(17)7-6-8-13(11)18/h6-8,10,15H,4-5,9H2,1-3H3,(H,19,20)/t10-,15-/m0/s1. The van der Waals surface area contributed by atoms with E-state index >= 15 is 0 Å². The van der Waals surface area contributed by atoms with Gasteiger partial charge in [0.1, 0.15) is 6.04 Å². The minimum atomic E-state index is -0.668. The second kappa shape index (κ2) is 9.01. The van der Waals surface area contributed by atoms with Crippen LogP contribution < -0.4 is 5.32 Å². The van der Waals surface area contributed by atoms with Gasteiger partial charge >= 0.3 is 5.97 Å². The first-order valence-corrected chi connectivity index (χ1v) is 8.05. The summed E-state index contributed by atoms with van der Waals surface area (Å²) in [5.74, 6) is -0.756. The van der Waals surface area contributed by atoms with E-state index in [1.165, 1.54) is 0 Å². The first-order valence-electron chi connectivity index (χ1n) is 7.29. The minimum absolute atomic E-state index is 0.0187. The van der Waals surface area contributed by atoms with Crippen molar-refractivity contribution < 1.29 is 14.3 Å². The fourth-order valence-electron chi connectivity index (χ4n) is 1.99. The van der Waals surface area contributed by atoms with Crippen LogP contribution in [0.25, 0.3) is 0 Å². The third-order valence-electron chi connectivity index (χ3n) is 3.47. The second-order valence-electron chi connectivity index (χ2n) is 5.06. The van der Waals surface area contributed by atoms with Gasteiger partial charge in [0.15, 0.2) is 0 Å². The van der Waals surface area contributed by atoms with Crippen LogP contribution in [-0.2, 0) is 20.7 Å². The van der Waals surface area contributed by atoms with Crippen LogP contribution in [0.5, 0.6) is 0 Å². The summed E-state index contributed by atoms with van der Waals surface area (Å²) in [5.41, 5.74) is 0.551. The lowest BCUT2D eigenvalue weighted by molar-refractivity contribution is -0.148. The summed E-state index contributed by atoms with van der Waals surface area (Å²) in [5, 5.41) is 3.58. The lowest BCUT2D eigenvalue weighted by Crippen LogP contribution is -2.46. The number of halogens is 2. The van der Waals surface area contributed by atoms with E-state index in [9.17, 15) is 9.59 Å². The van der Waals surface area contributed by atoms with Crippen LogP contribution >= 0.6 is 23.2 Å². The average Bonchev–Trinajstić information content (AvgIpc) is 2.48. The number of carbonyl (C=O) groups excluding carboxylic acids is 2. The second-order valence-corrected chi connectivity index (χ2v) is 5.87. The van der Waals surface area contributed by atoms with E-state index < -0.39 is 12.0 Å². The van der Waals surface area contributed by atoms with Crippen molar-refractivity contribution in [2.75, 3.05) is 6.61 Å². The molecule has 0 radical (unpaired) electrons. The number of ether oxygens (including phenoxy) is 1. The van der Waals surface area contributed by atoms with Crippen molar-refractivity contribution in [3.05, 3.63) is 33.8 Å². The van der Waals surface area contributed by atoms with Crippen LogP contribution in [0.15, 0.2) is 18.2 Å². The molecule has 1 rings (SSSR count).